The Morgan fingerprint density at radius 1 is 1.22 bits per heavy atom. The molecular formula is C27H29N5O5. The van der Waals surface area contributed by atoms with Gasteiger partial charge in [0.05, 0.1) is 18.2 Å². The van der Waals surface area contributed by atoms with Gasteiger partial charge in [0, 0.05) is 43.1 Å². The minimum atomic E-state index is -1.75. The third-order valence-electron chi connectivity index (χ3n) is 7.11. The quantitative estimate of drug-likeness (QED) is 0.518. The molecule has 2 atom stereocenters. The van der Waals surface area contributed by atoms with Gasteiger partial charge in [-0.3, -0.25) is 14.4 Å². The van der Waals surface area contributed by atoms with Crippen molar-refractivity contribution >= 4 is 34.8 Å². The molecule has 2 fully saturated rings. The van der Waals surface area contributed by atoms with E-state index in [1.807, 2.05) is 29.2 Å². The van der Waals surface area contributed by atoms with Crippen LogP contribution in [-0.4, -0.2) is 54.7 Å². The first kappa shape index (κ1) is 24.9. The molecule has 0 radical (unpaired) electrons. The van der Waals surface area contributed by atoms with Crippen molar-refractivity contribution in [1.29, 1.82) is 5.26 Å². The van der Waals surface area contributed by atoms with Gasteiger partial charge in [-0.05, 0) is 66.6 Å². The van der Waals surface area contributed by atoms with Crippen LogP contribution in [0.1, 0.15) is 36.0 Å². The monoisotopic (exact) mass is 503 g/mol. The Balaban J connectivity index is 1.32. The molecule has 1 aliphatic carbocycles. The van der Waals surface area contributed by atoms with Gasteiger partial charge in [-0.1, -0.05) is 6.07 Å². The van der Waals surface area contributed by atoms with Crippen molar-refractivity contribution in [2.75, 3.05) is 34.8 Å². The Morgan fingerprint density at radius 3 is 2.76 bits per heavy atom. The normalized spacial score (nSPS) is 20.3. The summed E-state index contributed by atoms with van der Waals surface area (Å²) in [6.45, 7) is 1.19. The van der Waals surface area contributed by atoms with Gasteiger partial charge in [0.1, 0.15) is 0 Å². The van der Waals surface area contributed by atoms with Crippen molar-refractivity contribution < 1.29 is 24.2 Å². The van der Waals surface area contributed by atoms with Gasteiger partial charge >= 0.3 is 0 Å². The standard InChI is InChI=1S/C27H29N5O5/c28-13-18-3-6-20(11-19(18)14-29)30-26(35)24(34)25-27(36)31(9-10-37-25)21-7-4-17-5-8-23(33)32(22(17)12-21)15-16-1-2-16/h3-4,6-7,11-12,16,24-25,34H,1-2,5,8-10,14-15,29H2,(H,30,35)/t24-,25-/m1/s1. The topological polar surface area (TPSA) is 149 Å². The molecule has 37 heavy (non-hydrogen) atoms. The van der Waals surface area contributed by atoms with E-state index in [4.69, 9.17) is 15.7 Å². The average molecular weight is 504 g/mol. The fourth-order valence-corrected chi connectivity index (χ4v) is 4.84. The van der Waals surface area contributed by atoms with E-state index in [1.54, 1.807) is 6.07 Å². The molecule has 3 amide bonds. The van der Waals surface area contributed by atoms with Crippen molar-refractivity contribution in [3.8, 4) is 6.07 Å². The number of amides is 3. The van der Waals surface area contributed by atoms with Crippen LogP contribution >= 0.6 is 0 Å². The van der Waals surface area contributed by atoms with Crippen LogP contribution in [0.5, 0.6) is 0 Å². The molecule has 10 nitrogen and oxygen atoms in total. The van der Waals surface area contributed by atoms with E-state index < -0.39 is 24.0 Å². The second-order valence-electron chi connectivity index (χ2n) is 9.66. The van der Waals surface area contributed by atoms with Gasteiger partial charge in [-0.15, -0.1) is 0 Å². The Labute approximate surface area is 214 Å². The molecule has 2 aliphatic heterocycles. The van der Waals surface area contributed by atoms with Crippen molar-refractivity contribution in [2.24, 2.45) is 11.7 Å². The average Bonchev–Trinajstić information content (AvgIpc) is 3.74. The summed E-state index contributed by atoms with van der Waals surface area (Å²) < 4.78 is 5.53. The first-order valence-corrected chi connectivity index (χ1v) is 12.5. The first-order chi connectivity index (χ1) is 17.9. The summed E-state index contributed by atoms with van der Waals surface area (Å²) in [7, 11) is 0. The van der Waals surface area contributed by atoms with Crippen LogP contribution in [0.25, 0.3) is 0 Å². The summed E-state index contributed by atoms with van der Waals surface area (Å²) in [5.41, 5.74) is 9.45. The lowest BCUT2D eigenvalue weighted by molar-refractivity contribution is -0.150. The molecule has 1 saturated carbocycles. The molecule has 5 rings (SSSR count). The highest BCUT2D eigenvalue weighted by molar-refractivity contribution is 6.04. The van der Waals surface area contributed by atoms with Crippen LogP contribution in [0, 0.1) is 17.2 Å². The van der Waals surface area contributed by atoms with Gasteiger partial charge in [-0.25, -0.2) is 0 Å². The maximum Gasteiger partial charge on any atom is 0.259 e. The summed E-state index contributed by atoms with van der Waals surface area (Å²) >= 11 is 0. The van der Waals surface area contributed by atoms with Gasteiger partial charge in [0.2, 0.25) is 5.91 Å². The predicted octanol–water partition coefficient (Wildman–Crippen LogP) is 1.44. The fraction of sp³-hybridized carbons (Fsp3) is 0.407. The molecule has 0 unspecified atom stereocenters. The fourth-order valence-electron chi connectivity index (χ4n) is 4.84. The summed E-state index contributed by atoms with van der Waals surface area (Å²) in [5.74, 6) is -0.721. The SMILES string of the molecule is N#Cc1ccc(NC(=O)[C@H](O)[C@H]2OCCN(c3ccc4c(c3)N(CC3CC3)C(=O)CC4)C2=O)cc1CN. The van der Waals surface area contributed by atoms with E-state index in [-0.39, 0.29) is 25.6 Å². The van der Waals surface area contributed by atoms with E-state index in [9.17, 15) is 19.5 Å². The van der Waals surface area contributed by atoms with Gasteiger partial charge in [-0.2, -0.15) is 5.26 Å². The number of carbonyl (C=O) groups is 3. The lowest BCUT2D eigenvalue weighted by atomic mass is 9.99. The number of nitriles is 1. The zero-order valence-corrected chi connectivity index (χ0v) is 20.4. The highest BCUT2D eigenvalue weighted by Gasteiger charge is 2.40. The molecule has 192 valence electrons. The molecule has 2 aromatic carbocycles. The molecule has 0 bridgehead atoms. The molecule has 2 heterocycles. The first-order valence-electron chi connectivity index (χ1n) is 12.5. The number of anilines is 3. The summed E-state index contributed by atoms with van der Waals surface area (Å²) in [5, 5.41) is 22.4. The number of ether oxygens (including phenoxy) is 1. The second kappa shape index (κ2) is 10.3. The Morgan fingerprint density at radius 2 is 2.03 bits per heavy atom. The van der Waals surface area contributed by atoms with Gasteiger partial charge < -0.3 is 30.7 Å². The highest BCUT2D eigenvalue weighted by Crippen LogP contribution is 2.37. The highest BCUT2D eigenvalue weighted by atomic mass is 16.5. The minimum absolute atomic E-state index is 0.0930. The Bertz CT molecular complexity index is 1280. The number of aliphatic hydroxyl groups is 1. The Kier molecular flexibility index (Phi) is 6.93. The number of benzene rings is 2. The van der Waals surface area contributed by atoms with Crippen molar-refractivity contribution in [3.05, 3.63) is 53.1 Å². The van der Waals surface area contributed by atoms with Gasteiger partial charge in [0.25, 0.3) is 11.8 Å². The van der Waals surface area contributed by atoms with Gasteiger partial charge in [0.15, 0.2) is 12.2 Å². The molecule has 0 aromatic heterocycles. The van der Waals surface area contributed by atoms with E-state index in [2.05, 4.69) is 5.32 Å². The number of hydrogen-bond acceptors (Lipinski definition) is 7. The van der Waals surface area contributed by atoms with Crippen molar-refractivity contribution in [2.45, 2.75) is 44.4 Å². The molecule has 1 saturated heterocycles. The van der Waals surface area contributed by atoms with Crippen LogP contribution in [0.4, 0.5) is 17.1 Å². The summed E-state index contributed by atoms with van der Waals surface area (Å²) in [4.78, 5) is 42.1. The minimum Gasteiger partial charge on any atom is -0.380 e. The van der Waals surface area contributed by atoms with Crippen LogP contribution in [0.2, 0.25) is 0 Å². The zero-order chi connectivity index (χ0) is 26.1. The second-order valence-corrected chi connectivity index (χ2v) is 9.66. The number of rotatable bonds is 7. The summed E-state index contributed by atoms with van der Waals surface area (Å²) in [6, 6.07) is 12.3. The molecule has 4 N–H and O–H groups in total. The number of nitrogens with one attached hydrogen (secondary N) is 1. The zero-order valence-electron chi connectivity index (χ0n) is 20.4. The van der Waals surface area contributed by atoms with E-state index in [0.29, 0.717) is 47.8 Å². The molecule has 0 spiro atoms. The largest absolute Gasteiger partial charge is 0.380 e. The van der Waals surface area contributed by atoms with Crippen LogP contribution in [-0.2, 0) is 32.1 Å². The number of nitrogens with zero attached hydrogens (tertiary/aromatic N) is 3. The van der Waals surface area contributed by atoms with Crippen LogP contribution in [0.15, 0.2) is 36.4 Å². The number of nitrogens with two attached hydrogens (primary N) is 1. The molecular weight excluding hydrogens is 474 g/mol. The number of morpholine rings is 1. The van der Waals surface area contributed by atoms with E-state index in [0.717, 1.165) is 24.1 Å². The maximum absolute atomic E-state index is 13.3. The molecule has 10 heteroatoms. The number of aryl methyl sites for hydroxylation is 1. The number of carbonyl (C=O) groups excluding carboxylic acids is 3. The van der Waals surface area contributed by atoms with Crippen molar-refractivity contribution in [1.82, 2.24) is 0 Å². The van der Waals surface area contributed by atoms with Crippen molar-refractivity contribution in [3.63, 3.8) is 0 Å². The maximum atomic E-state index is 13.3. The number of hydrogen-bond donors (Lipinski definition) is 3. The number of aliphatic hydroxyl groups excluding tert-OH is 1. The van der Waals surface area contributed by atoms with Crippen LogP contribution < -0.4 is 20.9 Å². The predicted molar refractivity (Wildman–Crippen MR) is 136 cm³/mol. The third kappa shape index (κ3) is 5.06. The third-order valence-corrected chi connectivity index (χ3v) is 7.11. The smallest absolute Gasteiger partial charge is 0.259 e. The van der Waals surface area contributed by atoms with E-state index >= 15 is 0 Å². The van der Waals surface area contributed by atoms with E-state index in [1.165, 1.54) is 17.0 Å². The van der Waals surface area contributed by atoms with Crippen LogP contribution in [0.3, 0.4) is 0 Å². The number of fused-ring (bicyclic) bond motifs is 1. The lowest BCUT2D eigenvalue weighted by Gasteiger charge is -2.36. The molecule has 3 aliphatic rings. The molecule has 2 aromatic rings. The Hall–Kier alpha value is -3.78. The summed E-state index contributed by atoms with van der Waals surface area (Å²) in [6.07, 6.45) is 0.246. The lowest BCUT2D eigenvalue weighted by Crippen LogP contribution is -2.55.